The number of aliphatic hydroxyl groups is 4. The summed E-state index contributed by atoms with van der Waals surface area (Å²) in [5, 5.41) is 39.4. The van der Waals surface area contributed by atoms with Gasteiger partial charge in [0.25, 0.3) is 0 Å². The van der Waals surface area contributed by atoms with Crippen LogP contribution in [-0.4, -0.2) is 63.6 Å². The summed E-state index contributed by atoms with van der Waals surface area (Å²) >= 11 is 0. The summed E-state index contributed by atoms with van der Waals surface area (Å²) in [5.74, 6) is -0.462. The van der Waals surface area contributed by atoms with Crippen LogP contribution in [0.25, 0.3) is 0 Å². The number of carbonyl (C=O) groups is 1. The average molecular weight is 221 g/mol. The van der Waals surface area contributed by atoms with E-state index < -0.39 is 43.2 Å². The van der Waals surface area contributed by atoms with Crippen molar-refractivity contribution in [1.29, 1.82) is 0 Å². The van der Waals surface area contributed by atoms with Gasteiger partial charge in [0.05, 0.1) is 6.61 Å². The van der Waals surface area contributed by atoms with E-state index in [1.165, 1.54) is 6.92 Å². The molecule has 0 bridgehead atoms. The van der Waals surface area contributed by atoms with Gasteiger partial charge in [-0.1, -0.05) is 0 Å². The highest BCUT2D eigenvalue weighted by Gasteiger charge is 2.43. The molecule has 1 aliphatic heterocycles. The number of nitrogens with one attached hydrogen (secondary N) is 1. The van der Waals surface area contributed by atoms with Gasteiger partial charge in [-0.15, -0.1) is 0 Å². The molecule has 0 aromatic rings. The van der Waals surface area contributed by atoms with Crippen LogP contribution >= 0.6 is 0 Å². The van der Waals surface area contributed by atoms with Crippen molar-refractivity contribution in [3.63, 3.8) is 0 Å². The van der Waals surface area contributed by atoms with Crippen LogP contribution in [0.1, 0.15) is 6.92 Å². The van der Waals surface area contributed by atoms with Gasteiger partial charge in [-0.2, -0.15) is 0 Å². The van der Waals surface area contributed by atoms with Gasteiger partial charge in [0, 0.05) is 6.92 Å². The van der Waals surface area contributed by atoms with Crippen LogP contribution in [0.5, 0.6) is 0 Å². The molecule has 0 aliphatic carbocycles. The normalized spacial score (nSPS) is 41.3. The average Bonchev–Trinajstić information content (AvgIpc) is 2.18. The molecule has 88 valence electrons. The van der Waals surface area contributed by atoms with E-state index in [1.54, 1.807) is 0 Å². The highest BCUT2D eigenvalue weighted by Crippen LogP contribution is 2.19. The fourth-order valence-corrected chi connectivity index (χ4v) is 1.49. The molecule has 0 aromatic carbocycles. The van der Waals surface area contributed by atoms with Crippen molar-refractivity contribution in [2.24, 2.45) is 0 Å². The molecule has 1 fully saturated rings. The molecule has 1 heterocycles. The highest BCUT2D eigenvalue weighted by molar-refractivity contribution is 5.73. The second-order valence-electron chi connectivity index (χ2n) is 3.46. The SMILES string of the molecule is CC(=O)N[C@H]1C(O)O[C@H](CO)[C@@H](O)[C@H]1O. The Balaban J connectivity index is 2.70. The quantitative estimate of drug-likeness (QED) is 0.337. The lowest BCUT2D eigenvalue weighted by atomic mass is 9.97. The first-order valence-corrected chi connectivity index (χ1v) is 4.55. The van der Waals surface area contributed by atoms with E-state index >= 15 is 0 Å². The Morgan fingerprint density at radius 3 is 2.40 bits per heavy atom. The monoisotopic (exact) mass is 221 g/mol. The van der Waals surface area contributed by atoms with Crippen molar-refractivity contribution in [2.45, 2.75) is 37.6 Å². The zero-order valence-electron chi connectivity index (χ0n) is 8.20. The van der Waals surface area contributed by atoms with Crippen LogP contribution in [0.4, 0.5) is 0 Å². The smallest absolute Gasteiger partial charge is 0.217 e. The summed E-state index contributed by atoms with van der Waals surface area (Å²) in [6, 6.07) is -1.10. The second kappa shape index (κ2) is 4.86. The molecule has 0 radical (unpaired) electrons. The number of carbonyl (C=O) groups excluding carboxylic acids is 1. The van der Waals surface area contributed by atoms with E-state index in [2.05, 4.69) is 5.32 Å². The zero-order valence-corrected chi connectivity index (χ0v) is 8.20. The minimum atomic E-state index is -1.45. The largest absolute Gasteiger partial charge is 0.394 e. The van der Waals surface area contributed by atoms with Gasteiger partial charge >= 0.3 is 0 Å². The molecule has 1 aliphatic rings. The molecule has 5 atom stereocenters. The van der Waals surface area contributed by atoms with Gasteiger partial charge in [0.15, 0.2) is 6.29 Å². The first kappa shape index (κ1) is 12.3. The third-order valence-electron chi connectivity index (χ3n) is 2.27. The Labute approximate surface area is 86.3 Å². The van der Waals surface area contributed by atoms with E-state index in [4.69, 9.17) is 9.84 Å². The van der Waals surface area contributed by atoms with Gasteiger partial charge in [0.2, 0.25) is 5.91 Å². The van der Waals surface area contributed by atoms with Gasteiger partial charge in [0.1, 0.15) is 24.4 Å². The maximum absolute atomic E-state index is 10.7. The fraction of sp³-hybridized carbons (Fsp3) is 0.875. The number of amides is 1. The Morgan fingerprint density at radius 1 is 1.33 bits per heavy atom. The van der Waals surface area contributed by atoms with Gasteiger partial charge < -0.3 is 30.5 Å². The van der Waals surface area contributed by atoms with Gasteiger partial charge in [-0.05, 0) is 0 Å². The van der Waals surface area contributed by atoms with E-state index in [0.717, 1.165) is 0 Å². The van der Waals surface area contributed by atoms with Crippen molar-refractivity contribution in [3.8, 4) is 0 Å². The molecule has 0 aromatic heterocycles. The van der Waals surface area contributed by atoms with Crippen LogP contribution in [-0.2, 0) is 9.53 Å². The number of rotatable bonds is 2. The van der Waals surface area contributed by atoms with E-state index in [-0.39, 0.29) is 0 Å². The predicted molar refractivity (Wildman–Crippen MR) is 47.6 cm³/mol. The number of aliphatic hydroxyl groups excluding tert-OH is 4. The molecule has 1 rings (SSSR count). The van der Waals surface area contributed by atoms with E-state index in [9.17, 15) is 20.1 Å². The Morgan fingerprint density at radius 2 is 1.93 bits per heavy atom. The number of hydrogen-bond acceptors (Lipinski definition) is 6. The van der Waals surface area contributed by atoms with Crippen molar-refractivity contribution in [1.82, 2.24) is 5.32 Å². The molecule has 1 amide bonds. The topological polar surface area (TPSA) is 119 Å². The number of hydrogen-bond donors (Lipinski definition) is 5. The minimum Gasteiger partial charge on any atom is -0.394 e. The van der Waals surface area contributed by atoms with Crippen molar-refractivity contribution in [3.05, 3.63) is 0 Å². The first-order chi connectivity index (χ1) is 6.97. The van der Waals surface area contributed by atoms with Crippen LogP contribution in [0.3, 0.4) is 0 Å². The van der Waals surface area contributed by atoms with Crippen LogP contribution < -0.4 is 5.32 Å². The van der Waals surface area contributed by atoms with Crippen molar-refractivity contribution in [2.75, 3.05) is 6.61 Å². The summed E-state index contributed by atoms with van der Waals surface area (Å²) < 4.78 is 4.81. The predicted octanol–water partition coefficient (Wildman–Crippen LogP) is -3.08. The van der Waals surface area contributed by atoms with E-state index in [0.29, 0.717) is 0 Å². The van der Waals surface area contributed by atoms with Gasteiger partial charge in [-0.25, -0.2) is 0 Å². The van der Waals surface area contributed by atoms with Crippen molar-refractivity contribution < 1.29 is 30.0 Å². The molecular weight excluding hydrogens is 206 g/mol. The highest BCUT2D eigenvalue weighted by atomic mass is 16.6. The molecule has 7 heteroatoms. The van der Waals surface area contributed by atoms with Crippen LogP contribution in [0.2, 0.25) is 0 Å². The molecule has 15 heavy (non-hydrogen) atoms. The Hall–Kier alpha value is -0.730. The zero-order chi connectivity index (χ0) is 11.6. The van der Waals surface area contributed by atoms with Crippen LogP contribution in [0, 0.1) is 0 Å². The lowest BCUT2D eigenvalue weighted by Gasteiger charge is -2.40. The third-order valence-corrected chi connectivity index (χ3v) is 2.27. The lowest BCUT2D eigenvalue weighted by molar-refractivity contribution is -0.253. The summed E-state index contributed by atoms with van der Waals surface area (Å²) in [4.78, 5) is 10.7. The summed E-state index contributed by atoms with van der Waals surface area (Å²) in [6.07, 6.45) is -5.24. The maximum Gasteiger partial charge on any atom is 0.217 e. The standard InChI is InChI=1S/C8H15NO6/c1-3(11)9-5-7(13)6(12)4(2-10)15-8(5)14/h4-8,10,12-14H,2H2,1H3,(H,9,11)/t4-,5-,6-,7+,8?/m1/s1. The summed E-state index contributed by atoms with van der Waals surface area (Å²) in [5.41, 5.74) is 0. The Kier molecular flexibility index (Phi) is 4.00. The first-order valence-electron chi connectivity index (χ1n) is 4.55. The second-order valence-corrected chi connectivity index (χ2v) is 3.46. The molecule has 0 spiro atoms. The molecule has 1 unspecified atom stereocenters. The van der Waals surface area contributed by atoms with Crippen molar-refractivity contribution >= 4 is 5.91 Å². The maximum atomic E-state index is 10.7. The molecule has 7 nitrogen and oxygen atoms in total. The number of ether oxygens (including phenoxy) is 1. The molecule has 1 saturated heterocycles. The minimum absolute atomic E-state index is 0.462. The molecule has 0 saturated carbocycles. The molecule has 5 N–H and O–H groups in total. The molecular formula is C8H15NO6. The van der Waals surface area contributed by atoms with Crippen LogP contribution in [0.15, 0.2) is 0 Å². The fourth-order valence-electron chi connectivity index (χ4n) is 1.49. The summed E-state index contributed by atoms with van der Waals surface area (Å²) in [7, 11) is 0. The van der Waals surface area contributed by atoms with Gasteiger partial charge in [-0.3, -0.25) is 4.79 Å². The van der Waals surface area contributed by atoms with E-state index in [1.807, 2.05) is 0 Å². The summed E-state index contributed by atoms with van der Waals surface area (Å²) in [6.45, 7) is 0.687. The lowest BCUT2D eigenvalue weighted by Crippen LogP contribution is -2.63. The Bertz CT molecular complexity index is 235. The third kappa shape index (κ3) is 2.64.